The van der Waals surface area contributed by atoms with E-state index in [2.05, 4.69) is 18.2 Å². The minimum Gasteiger partial charge on any atom is -0.480 e. The van der Waals surface area contributed by atoms with Crippen LogP contribution in [0.3, 0.4) is 0 Å². The summed E-state index contributed by atoms with van der Waals surface area (Å²) < 4.78 is 5.34. The predicted molar refractivity (Wildman–Crippen MR) is 94.5 cm³/mol. The van der Waals surface area contributed by atoms with Crippen molar-refractivity contribution in [2.24, 2.45) is 0 Å². The van der Waals surface area contributed by atoms with Gasteiger partial charge in [-0.2, -0.15) is 0 Å². The van der Waals surface area contributed by atoms with Gasteiger partial charge in [0.05, 0.1) is 13.2 Å². The molecule has 1 aliphatic heterocycles. The fraction of sp³-hybridized carbons (Fsp3) is 0.316. The summed E-state index contributed by atoms with van der Waals surface area (Å²) in [6, 6.07) is 17.7. The third kappa shape index (κ3) is 4.38. The van der Waals surface area contributed by atoms with Crippen LogP contribution in [0.15, 0.2) is 64.4 Å². The van der Waals surface area contributed by atoms with Gasteiger partial charge >= 0.3 is 5.97 Å². The van der Waals surface area contributed by atoms with E-state index in [9.17, 15) is 9.90 Å². The summed E-state index contributed by atoms with van der Waals surface area (Å²) in [7, 11) is 0. The number of hydrogen-bond acceptors (Lipinski definition) is 4. The van der Waals surface area contributed by atoms with E-state index in [1.54, 1.807) is 11.8 Å². The standard InChI is InChI=1S/C19H21NO3S/c21-19(22)17(20-10-12-23-13-11-20)14-15-6-4-5-9-18(15)24-16-7-2-1-3-8-16/h1-9,17H,10-14H2,(H,21,22). The Bertz CT molecular complexity index is 671. The summed E-state index contributed by atoms with van der Waals surface area (Å²) in [6.45, 7) is 2.55. The third-order valence-electron chi connectivity index (χ3n) is 4.13. The molecular weight excluding hydrogens is 322 g/mol. The largest absolute Gasteiger partial charge is 0.480 e. The molecule has 1 N–H and O–H groups in total. The normalized spacial score (nSPS) is 16.7. The Morgan fingerprint density at radius 3 is 2.46 bits per heavy atom. The molecule has 1 atom stereocenters. The van der Waals surface area contributed by atoms with Crippen molar-refractivity contribution in [1.82, 2.24) is 4.90 Å². The van der Waals surface area contributed by atoms with Crippen molar-refractivity contribution in [3.63, 3.8) is 0 Å². The quantitative estimate of drug-likeness (QED) is 0.873. The molecule has 2 aromatic carbocycles. The molecule has 4 nitrogen and oxygen atoms in total. The van der Waals surface area contributed by atoms with E-state index >= 15 is 0 Å². The average Bonchev–Trinajstić information content (AvgIpc) is 2.62. The van der Waals surface area contributed by atoms with Crippen LogP contribution in [0.1, 0.15) is 5.56 Å². The number of hydrogen-bond donors (Lipinski definition) is 1. The molecule has 2 aromatic rings. The zero-order chi connectivity index (χ0) is 16.8. The SMILES string of the molecule is O=C(O)C(Cc1ccccc1Sc1ccccc1)N1CCOCC1. The molecule has 0 aromatic heterocycles. The monoisotopic (exact) mass is 343 g/mol. The number of nitrogens with zero attached hydrogens (tertiary/aromatic N) is 1. The molecule has 1 heterocycles. The van der Waals surface area contributed by atoms with Crippen molar-refractivity contribution in [1.29, 1.82) is 0 Å². The number of ether oxygens (including phenoxy) is 1. The van der Waals surface area contributed by atoms with Crippen molar-refractivity contribution >= 4 is 17.7 Å². The Hall–Kier alpha value is -1.82. The number of morpholine rings is 1. The number of aliphatic carboxylic acids is 1. The van der Waals surface area contributed by atoms with Crippen LogP contribution in [0.4, 0.5) is 0 Å². The first-order valence-electron chi connectivity index (χ1n) is 8.09. The van der Waals surface area contributed by atoms with E-state index in [1.165, 1.54) is 0 Å². The van der Waals surface area contributed by atoms with E-state index in [0.29, 0.717) is 32.7 Å². The summed E-state index contributed by atoms with van der Waals surface area (Å²) in [5, 5.41) is 9.68. The first kappa shape index (κ1) is 17.0. The fourth-order valence-corrected chi connectivity index (χ4v) is 3.83. The predicted octanol–water partition coefficient (Wildman–Crippen LogP) is 3.17. The van der Waals surface area contributed by atoms with Crippen LogP contribution < -0.4 is 0 Å². The summed E-state index contributed by atoms with van der Waals surface area (Å²) in [6.07, 6.45) is 0.505. The molecule has 0 aliphatic carbocycles. The molecule has 0 spiro atoms. The Labute approximate surface area is 146 Å². The minimum atomic E-state index is -0.767. The van der Waals surface area contributed by atoms with Gasteiger partial charge in [0.1, 0.15) is 6.04 Å². The van der Waals surface area contributed by atoms with Crippen molar-refractivity contribution in [2.75, 3.05) is 26.3 Å². The lowest BCUT2D eigenvalue weighted by Crippen LogP contribution is -2.48. The van der Waals surface area contributed by atoms with Crippen LogP contribution in [0.25, 0.3) is 0 Å². The number of rotatable bonds is 6. The van der Waals surface area contributed by atoms with Gasteiger partial charge in [-0.1, -0.05) is 48.2 Å². The molecular formula is C19H21NO3S. The lowest BCUT2D eigenvalue weighted by atomic mass is 10.0. The van der Waals surface area contributed by atoms with Crippen LogP contribution in [0, 0.1) is 0 Å². The lowest BCUT2D eigenvalue weighted by molar-refractivity contribution is -0.145. The van der Waals surface area contributed by atoms with Gasteiger partial charge in [-0.05, 0) is 30.2 Å². The van der Waals surface area contributed by atoms with E-state index in [1.807, 2.05) is 41.3 Å². The Morgan fingerprint density at radius 1 is 1.08 bits per heavy atom. The van der Waals surface area contributed by atoms with Gasteiger partial charge in [0.25, 0.3) is 0 Å². The average molecular weight is 343 g/mol. The first-order chi connectivity index (χ1) is 11.7. The summed E-state index contributed by atoms with van der Waals surface area (Å²) in [5.74, 6) is -0.767. The van der Waals surface area contributed by atoms with Gasteiger partial charge in [-0.3, -0.25) is 9.69 Å². The van der Waals surface area contributed by atoms with Gasteiger partial charge in [0.2, 0.25) is 0 Å². The minimum absolute atomic E-state index is 0.505. The molecule has 3 rings (SSSR count). The maximum atomic E-state index is 11.8. The first-order valence-corrected chi connectivity index (χ1v) is 8.91. The highest BCUT2D eigenvalue weighted by Gasteiger charge is 2.28. The third-order valence-corrected chi connectivity index (χ3v) is 5.25. The van der Waals surface area contributed by atoms with Crippen LogP contribution in [-0.4, -0.2) is 48.3 Å². The Morgan fingerprint density at radius 2 is 1.75 bits per heavy atom. The molecule has 1 saturated heterocycles. The van der Waals surface area contributed by atoms with Gasteiger partial charge in [0.15, 0.2) is 0 Å². The number of carboxylic acid groups (broad SMARTS) is 1. The molecule has 5 heteroatoms. The number of benzene rings is 2. The second-order valence-corrected chi connectivity index (χ2v) is 6.84. The Balaban J connectivity index is 1.79. The van der Waals surface area contributed by atoms with Crippen LogP contribution in [0.5, 0.6) is 0 Å². The maximum Gasteiger partial charge on any atom is 0.321 e. The molecule has 0 bridgehead atoms. The van der Waals surface area contributed by atoms with Gasteiger partial charge in [-0.25, -0.2) is 0 Å². The van der Waals surface area contributed by atoms with Crippen molar-refractivity contribution in [3.05, 3.63) is 60.2 Å². The fourth-order valence-electron chi connectivity index (χ4n) is 2.86. The molecule has 0 saturated carbocycles. The highest BCUT2D eigenvalue weighted by Crippen LogP contribution is 2.31. The molecule has 1 unspecified atom stereocenters. The second-order valence-electron chi connectivity index (χ2n) is 5.73. The number of carboxylic acids is 1. The molecule has 126 valence electrons. The second kappa shape index (κ2) is 8.33. The molecule has 24 heavy (non-hydrogen) atoms. The molecule has 1 aliphatic rings. The Kier molecular flexibility index (Phi) is 5.91. The molecule has 0 amide bonds. The van der Waals surface area contributed by atoms with Gasteiger partial charge in [-0.15, -0.1) is 0 Å². The summed E-state index contributed by atoms with van der Waals surface area (Å²) in [5.41, 5.74) is 1.07. The van der Waals surface area contributed by atoms with Gasteiger partial charge < -0.3 is 9.84 Å². The van der Waals surface area contributed by atoms with Gasteiger partial charge in [0, 0.05) is 22.9 Å². The van der Waals surface area contributed by atoms with Crippen LogP contribution in [0.2, 0.25) is 0 Å². The molecule has 0 radical (unpaired) electrons. The summed E-state index contributed by atoms with van der Waals surface area (Å²) in [4.78, 5) is 16.1. The van der Waals surface area contributed by atoms with Crippen molar-refractivity contribution in [3.8, 4) is 0 Å². The highest BCUT2D eigenvalue weighted by atomic mass is 32.2. The highest BCUT2D eigenvalue weighted by molar-refractivity contribution is 7.99. The zero-order valence-corrected chi connectivity index (χ0v) is 14.2. The maximum absolute atomic E-state index is 11.8. The summed E-state index contributed by atoms with van der Waals surface area (Å²) >= 11 is 1.68. The number of carbonyl (C=O) groups is 1. The molecule has 1 fully saturated rings. The van der Waals surface area contributed by atoms with E-state index in [4.69, 9.17) is 4.74 Å². The zero-order valence-electron chi connectivity index (χ0n) is 13.4. The smallest absolute Gasteiger partial charge is 0.321 e. The van der Waals surface area contributed by atoms with Crippen molar-refractivity contribution < 1.29 is 14.6 Å². The topological polar surface area (TPSA) is 49.8 Å². The lowest BCUT2D eigenvalue weighted by Gasteiger charge is -2.32. The van der Waals surface area contributed by atoms with Crippen molar-refractivity contribution in [2.45, 2.75) is 22.3 Å². The van der Waals surface area contributed by atoms with E-state index < -0.39 is 12.0 Å². The van der Waals surface area contributed by atoms with Crippen LogP contribution >= 0.6 is 11.8 Å². The van der Waals surface area contributed by atoms with E-state index in [0.717, 1.165) is 15.4 Å². The van der Waals surface area contributed by atoms with E-state index in [-0.39, 0.29) is 0 Å². The van der Waals surface area contributed by atoms with Crippen LogP contribution in [-0.2, 0) is 16.0 Å².